The van der Waals surface area contributed by atoms with E-state index in [2.05, 4.69) is 14.7 Å². The number of nitrogens with one attached hydrogen (secondary N) is 1. The average Bonchev–Trinajstić information content (AvgIpc) is 2.74. The number of benzene rings is 1. The van der Waals surface area contributed by atoms with Crippen molar-refractivity contribution in [1.29, 1.82) is 5.26 Å². The van der Waals surface area contributed by atoms with E-state index in [1.54, 1.807) is 4.90 Å². The molecule has 13 heteroatoms. The van der Waals surface area contributed by atoms with Gasteiger partial charge >= 0.3 is 12.8 Å². The molecule has 0 aliphatic rings. The van der Waals surface area contributed by atoms with Crippen molar-refractivity contribution in [3.63, 3.8) is 0 Å². The second-order valence-electron chi connectivity index (χ2n) is 6.99. The molecule has 0 spiro atoms. The molecule has 0 unspecified atom stereocenters. The third-order valence-corrected chi connectivity index (χ3v) is 4.46. The summed E-state index contributed by atoms with van der Waals surface area (Å²) in [5.74, 6) is 0.187. The van der Waals surface area contributed by atoms with Gasteiger partial charge in [0.05, 0.1) is 31.4 Å². The zero-order valence-corrected chi connectivity index (χ0v) is 17.9. The summed E-state index contributed by atoms with van der Waals surface area (Å²) in [7, 11) is 0. The van der Waals surface area contributed by atoms with Gasteiger partial charge in [0.15, 0.2) is 0 Å². The van der Waals surface area contributed by atoms with Crippen LogP contribution in [0.25, 0.3) is 0 Å². The number of ether oxygens (including phenoxy) is 1. The molecule has 1 heterocycles. The number of hydrogen-bond acceptors (Lipinski definition) is 8. The molecule has 1 aromatic carbocycles. The summed E-state index contributed by atoms with van der Waals surface area (Å²) < 4.78 is 67.7. The molecule has 0 aliphatic carbocycles. The highest BCUT2D eigenvalue weighted by Crippen LogP contribution is 2.29. The van der Waals surface area contributed by atoms with Gasteiger partial charge in [-0.25, -0.2) is 9.97 Å². The number of nitriles is 1. The molecule has 8 nitrogen and oxygen atoms in total. The quantitative estimate of drug-likeness (QED) is 0.369. The SMILES string of the molecule is CCCN(Cc1ncc(N(O)N[C@@H](C)C(F)(F)F)cn1)c1cc(OC(F)F)ccc1CC#N. The van der Waals surface area contributed by atoms with Crippen LogP contribution in [0.1, 0.15) is 31.7 Å². The highest BCUT2D eigenvalue weighted by atomic mass is 19.4. The first-order valence-electron chi connectivity index (χ1n) is 9.87. The van der Waals surface area contributed by atoms with Crippen molar-refractivity contribution in [2.24, 2.45) is 0 Å². The monoisotopic (exact) mass is 474 g/mol. The highest BCUT2D eigenvalue weighted by molar-refractivity contribution is 5.58. The van der Waals surface area contributed by atoms with Gasteiger partial charge in [0.25, 0.3) is 0 Å². The van der Waals surface area contributed by atoms with Crippen molar-refractivity contribution in [3.05, 3.63) is 42.0 Å². The minimum Gasteiger partial charge on any atom is -0.435 e. The molecule has 0 aliphatic heterocycles. The van der Waals surface area contributed by atoms with E-state index >= 15 is 0 Å². The number of rotatable bonds is 11. The number of anilines is 2. The van der Waals surface area contributed by atoms with Gasteiger partial charge in [0.1, 0.15) is 23.3 Å². The molecule has 0 radical (unpaired) electrons. The summed E-state index contributed by atoms with van der Waals surface area (Å²) in [6, 6.07) is 4.29. The fourth-order valence-corrected chi connectivity index (χ4v) is 2.84. The minimum atomic E-state index is -4.56. The summed E-state index contributed by atoms with van der Waals surface area (Å²) in [5.41, 5.74) is 2.82. The number of nitrogens with zero attached hydrogens (tertiary/aromatic N) is 5. The Bertz CT molecular complexity index is 936. The van der Waals surface area contributed by atoms with E-state index in [0.717, 1.165) is 19.3 Å². The standard InChI is InChI=1S/C20H23F5N6O2/c1-3-8-30(17-9-16(33-19(21)22)5-4-14(17)6-7-26)12-18-27-10-15(11-28-18)31(32)29-13(2)20(23,24)25/h4-5,9-11,13,19,29,32H,3,6,8,12H2,1-2H3/t13-/m0/s1. The van der Waals surface area contributed by atoms with Crippen LogP contribution in [0.4, 0.5) is 33.3 Å². The van der Waals surface area contributed by atoms with E-state index in [9.17, 15) is 27.2 Å². The summed E-state index contributed by atoms with van der Waals surface area (Å²) >= 11 is 0. The molecular weight excluding hydrogens is 451 g/mol. The third kappa shape index (κ3) is 7.69. The van der Waals surface area contributed by atoms with Crippen LogP contribution in [0.15, 0.2) is 30.6 Å². The molecule has 1 aromatic heterocycles. The Labute approximate surface area is 187 Å². The van der Waals surface area contributed by atoms with Gasteiger partial charge in [0, 0.05) is 18.3 Å². The van der Waals surface area contributed by atoms with Gasteiger partial charge in [-0.1, -0.05) is 13.0 Å². The van der Waals surface area contributed by atoms with Crippen LogP contribution in [0, 0.1) is 11.3 Å². The lowest BCUT2D eigenvalue weighted by Gasteiger charge is -2.27. The van der Waals surface area contributed by atoms with E-state index in [-0.39, 0.29) is 35.4 Å². The van der Waals surface area contributed by atoms with Gasteiger partial charge in [-0.15, -0.1) is 0 Å². The molecule has 2 rings (SSSR count). The maximum Gasteiger partial charge on any atom is 0.405 e. The first kappa shape index (κ1) is 26.0. The second-order valence-corrected chi connectivity index (χ2v) is 6.99. The number of hydrogen-bond donors (Lipinski definition) is 2. The van der Waals surface area contributed by atoms with E-state index < -0.39 is 18.8 Å². The third-order valence-electron chi connectivity index (χ3n) is 4.46. The Balaban J connectivity index is 2.23. The summed E-state index contributed by atoms with van der Waals surface area (Å²) in [6.07, 6.45) is -1.59. The highest BCUT2D eigenvalue weighted by Gasteiger charge is 2.37. The van der Waals surface area contributed by atoms with Crippen molar-refractivity contribution >= 4 is 11.4 Å². The Morgan fingerprint density at radius 1 is 1.24 bits per heavy atom. The van der Waals surface area contributed by atoms with Gasteiger partial charge in [-0.05, 0) is 25.0 Å². The fourth-order valence-electron chi connectivity index (χ4n) is 2.84. The summed E-state index contributed by atoms with van der Waals surface area (Å²) in [4.78, 5) is 9.92. The molecule has 180 valence electrons. The molecular formula is C20H23F5N6O2. The molecule has 2 aromatic rings. The van der Waals surface area contributed by atoms with Crippen LogP contribution in [0.2, 0.25) is 0 Å². The molecule has 1 atom stereocenters. The number of alkyl halides is 5. The van der Waals surface area contributed by atoms with Crippen molar-refractivity contribution in [2.45, 2.75) is 52.1 Å². The Morgan fingerprint density at radius 2 is 1.91 bits per heavy atom. The lowest BCUT2D eigenvalue weighted by Crippen LogP contribution is -2.48. The topological polar surface area (TPSA) is 97.5 Å². The van der Waals surface area contributed by atoms with E-state index in [4.69, 9.17) is 5.26 Å². The Hall–Kier alpha value is -3.24. The van der Waals surface area contributed by atoms with Crippen LogP contribution < -0.4 is 20.2 Å². The van der Waals surface area contributed by atoms with E-state index in [1.165, 1.54) is 18.2 Å². The molecule has 0 saturated carbocycles. The first-order chi connectivity index (χ1) is 15.5. The minimum absolute atomic E-state index is 0.0346. The zero-order chi connectivity index (χ0) is 24.6. The zero-order valence-electron chi connectivity index (χ0n) is 17.9. The number of aromatic nitrogens is 2. The van der Waals surface area contributed by atoms with Crippen LogP contribution in [0.3, 0.4) is 0 Å². The largest absolute Gasteiger partial charge is 0.435 e. The maximum absolute atomic E-state index is 12.6. The van der Waals surface area contributed by atoms with Crippen LogP contribution in [0.5, 0.6) is 5.75 Å². The van der Waals surface area contributed by atoms with Crippen LogP contribution in [-0.2, 0) is 13.0 Å². The molecule has 2 N–H and O–H groups in total. The predicted octanol–water partition coefficient (Wildman–Crippen LogP) is 4.21. The van der Waals surface area contributed by atoms with Gasteiger partial charge in [0.2, 0.25) is 0 Å². The van der Waals surface area contributed by atoms with Crippen molar-refractivity contribution in [2.75, 3.05) is 16.6 Å². The lowest BCUT2D eigenvalue weighted by molar-refractivity contribution is -0.155. The van der Waals surface area contributed by atoms with Crippen molar-refractivity contribution < 1.29 is 31.9 Å². The summed E-state index contributed by atoms with van der Waals surface area (Å²) in [5, 5.41) is 19.1. The first-order valence-corrected chi connectivity index (χ1v) is 9.87. The van der Waals surface area contributed by atoms with Crippen molar-refractivity contribution in [3.8, 4) is 11.8 Å². The normalized spacial score (nSPS) is 12.4. The smallest absolute Gasteiger partial charge is 0.405 e. The molecule has 0 bridgehead atoms. The van der Waals surface area contributed by atoms with Crippen LogP contribution in [-0.4, -0.2) is 40.5 Å². The predicted molar refractivity (Wildman–Crippen MR) is 109 cm³/mol. The lowest BCUT2D eigenvalue weighted by atomic mass is 10.1. The van der Waals surface area contributed by atoms with E-state index in [0.29, 0.717) is 24.2 Å². The van der Waals surface area contributed by atoms with Gasteiger partial charge in [-0.3, -0.25) is 5.21 Å². The average molecular weight is 474 g/mol. The van der Waals surface area contributed by atoms with Gasteiger partial charge in [-0.2, -0.15) is 37.8 Å². The molecule has 33 heavy (non-hydrogen) atoms. The Kier molecular flexibility index (Phi) is 9.12. The van der Waals surface area contributed by atoms with Gasteiger partial charge < -0.3 is 9.64 Å². The molecule has 0 fully saturated rings. The molecule has 0 amide bonds. The number of halogens is 5. The van der Waals surface area contributed by atoms with E-state index in [1.807, 2.05) is 18.4 Å². The molecule has 0 saturated heterocycles. The Morgan fingerprint density at radius 3 is 2.45 bits per heavy atom. The summed E-state index contributed by atoms with van der Waals surface area (Å²) in [6.45, 7) is 0.315. The van der Waals surface area contributed by atoms with Crippen LogP contribution >= 0.6 is 0 Å². The number of hydrazine groups is 1. The maximum atomic E-state index is 12.6. The fraction of sp³-hybridized carbons (Fsp3) is 0.450. The van der Waals surface area contributed by atoms with Crippen molar-refractivity contribution in [1.82, 2.24) is 15.4 Å². The second kappa shape index (κ2) is 11.6.